The summed E-state index contributed by atoms with van der Waals surface area (Å²) in [7, 11) is 0. The van der Waals surface area contributed by atoms with Crippen LogP contribution in [0.25, 0.3) is 0 Å². The molecule has 0 nitrogen and oxygen atoms in total. The molecule has 18 heavy (non-hydrogen) atoms. The molecule has 0 bridgehead atoms. The molecule has 0 spiro atoms. The smallest absolute Gasteiger partial charge is 0.0122 e. The van der Waals surface area contributed by atoms with Crippen LogP contribution in [0.1, 0.15) is 47.9 Å². The Labute approximate surface area is 111 Å². The van der Waals surface area contributed by atoms with Crippen LogP contribution in [-0.2, 0) is 0 Å². The fourth-order valence-electron chi connectivity index (χ4n) is 2.65. The minimum absolute atomic E-state index is 0.549. The fourth-order valence-corrected chi connectivity index (χ4v) is 2.65. The summed E-state index contributed by atoms with van der Waals surface area (Å²) in [5.74, 6) is 1.10. The number of hydrogen-bond acceptors (Lipinski definition) is 0. The maximum Gasteiger partial charge on any atom is -0.0122 e. The standard InChI is InChI=1S/C18H22/c1-13-10-11-18(14(2)12-13)16(4)15(3)17-8-6-5-7-9-17/h5-12,15-16H,1-4H3. The first-order valence-electron chi connectivity index (χ1n) is 6.71. The molecule has 0 saturated carbocycles. The SMILES string of the molecule is Cc1ccc(C(C)C(C)c2ccccc2)c(C)c1. The van der Waals surface area contributed by atoms with Gasteiger partial charge in [-0.15, -0.1) is 0 Å². The third-order valence-electron chi connectivity index (χ3n) is 3.99. The highest BCUT2D eigenvalue weighted by Crippen LogP contribution is 2.33. The van der Waals surface area contributed by atoms with Gasteiger partial charge in [-0.3, -0.25) is 0 Å². The first-order chi connectivity index (χ1) is 8.59. The van der Waals surface area contributed by atoms with E-state index in [1.165, 1.54) is 22.3 Å². The van der Waals surface area contributed by atoms with Gasteiger partial charge in [0.1, 0.15) is 0 Å². The lowest BCUT2D eigenvalue weighted by Gasteiger charge is -2.22. The van der Waals surface area contributed by atoms with E-state index >= 15 is 0 Å². The van der Waals surface area contributed by atoms with E-state index in [-0.39, 0.29) is 0 Å². The summed E-state index contributed by atoms with van der Waals surface area (Å²) in [6.45, 7) is 9.02. The minimum Gasteiger partial charge on any atom is -0.0622 e. The highest BCUT2D eigenvalue weighted by atomic mass is 14.2. The van der Waals surface area contributed by atoms with Crippen molar-refractivity contribution in [3.05, 3.63) is 70.8 Å². The van der Waals surface area contributed by atoms with E-state index in [1.807, 2.05) is 0 Å². The summed E-state index contributed by atoms with van der Waals surface area (Å²) in [5, 5.41) is 0. The molecule has 0 amide bonds. The van der Waals surface area contributed by atoms with Gasteiger partial charge in [-0.25, -0.2) is 0 Å². The lowest BCUT2D eigenvalue weighted by Crippen LogP contribution is -2.06. The molecule has 0 aliphatic rings. The average molecular weight is 238 g/mol. The molecule has 0 radical (unpaired) electrons. The molecular weight excluding hydrogens is 216 g/mol. The number of aryl methyl sites for hydroxylation is 2. The Kier molecular flexibility index (Phi) is 3.86. The highest BCUT2D eigenvalue weighted by molar-refractivity contribution is 5.35. The molecule has 0 saturated heterocycles. The molecule has 0 aromatic heterocycles. The first-order valence-corrected chi connectivity index (χ1v) is 6.71. The van der Waals surface area contributed by atoms with Gasteiger partial charge >= 0.3 is 0 Å². The van der Waals surface area contributed by atoms with Crippen LogP contribution in [0.2, 0.25) is 0 Å². The van der Waals surface area contributed by atoms with Gasteiger partial charge in [0.15, 0.2) is 0 Å². The summed E-state index contributed by atoms with van der Waals surface area (Å²) in [5.41, 5.74) is 5.64. The maximum absolute atomic E-state index is 2.33. The molecule has 94 valence electrons. The average Bonchev–Trinajstić information content (AvgIpc) is 2.38. The van der Waals surface area contributed by atoms with Gasteiger partial charge in [0, 0.05) is 0 Å². The van der Waals surface area contributed by atoms with E-state index in [0.717, 1.165) is 0 Å². The molecule has 0 fully saturated rings. The second-order valence-electron chi connectivity index (χ2n) is 5.35. The molecule has 2 aromatic carbocycles. The van der Waals surface area contributed by atoms with Crippen molar-refractivity contribution in [2.75, 3.05) is 0 Å². The summed E-state index contributed by atoms with van der Waals surface area (Å²) in [6.07, 6.45) is 0. The van der Waals surface area contributed by atoms with Gasteiger partial charge in [0.05, 0.1) is 0 Å². The van der Waals surface area contributed by atoms with Crippen molar-refractivity contribution < 1.29 is 0 Å². The van der Waals surface area contributed by atoms with E-state index in [1.54, 1.807) is 0 Å². The van der Waals surface area contributed by atoms with E-state index in [4.69, 9.17) is 0 Å². The van der Waals surface area contributed by atoms with Crippen molar-refractivity contribution in [1.29, 1.82) is 0 Å². The lowest BCUT2D eigenvalue weighted by atomic mass is 9.82. The van der Waals surface area contributed by atoms with Crippen molar-refractivity contribution in [1.82, 2.24) is 0 Å². The molecule has 2 rings (SSSR count). The van der Waals surface area contributed by atoms with Gasteiger partial charge in [-0.1, -0.05) is 67.9 Å². The minimum atomic E-state index is 0.549. The van der Waals surface area contributed by atoms with Crippen LogP contribution in [0, 0.1) is 13.8 Å². The third-order valence-corrected chi connectivity index (χ3v) is 3.99. The maximum atomic E-state index is 2.33. The zero-order chi connectivity index (χ0) is 13.1. The van der Waals surface area contributed by atoms with Crippen LogP contribution >= 0.6 is 0 Å². The number of hydrogen-bond donors (Lipinski definition) is 0. The van der Waals surface area contributed by atoms with Crippen LogP contribution in [0.3, 0.4) is 0 Å². The van der Waals surface area contributed by atoms with Gasteiger partial charge in [-0.2, -0.15) is 0 Å². The Morgan fingerprint density at radius 2 is 1.44 bits per heavy atom. The highest BCUT2D eigenvalue weighted by Gasteiger charge is 2.17. The fraction of sp³-hybridized carbons (Fsp3) is 0.333. The van der Waals surface area contributed by atoms with Crippen LogP contribution in [0.15, 0.2) is 48.5 Å². The van der Waals surface area contributed by atoms with E-state index in [0.29, 0.717) is 11.8 Å². The Balaban J connectivity index is 2.28. The normalized spacial score (nSPS) is 14.2. The molecular formula is C18H22. The van der Waals surface area contributed by atoms with E-state index < -0.39 is 0 Å². The Morgan fingerprint density at radius 3 is 2.06 bits per heavy atom. The van der Waals surface area contributed by atoms with Crippen LogP contribution in [0.4, 0.5) is 0 Å². The molecule has 2 aromatic rings. The van der Waals surface area contributed by atoms with E-state index in [2.05, 4.69) is 76.2 Å². The topological polar surface area (TPSA) is 0 Å². The Bertz CT molecular complexity index is 511. The molecule has 0 heteroatoms. The zero-order valence-corrected chi connectivity index (χ0v) is 11.8. The number of benzene rings is 2. The van der Waals surface area contributed by atoms with Crippen molar-refractivity contribution in [2.24, 2.45) is 0 Å². The van der Waals surface area contributed by atoms with Gasteiger partial charge < -0.3 is 0 Å². The molecule has 0 aliphatic heterocycles. The lowest BCUT2D eigenvalue weighted by molar-refractivity contribution is 0.620. The second kappa shape index (κ2) is 5.39. The predicted molar refractivity (Wildman–Crippen MR) is 79.2 cm³/mol. The van der Waals surface area contributed by atoms with Gasteiger partial charge in [0.2, 0.25) is 0 Å². The monoisotopic (exact) mass is 238 g/mol. The van der Waals surface area contributed by atoms with Crippen molar-refractivity contribution in [2.45, 2.75) is 39.5 Å². The predicted octanol–water partition coefficient (Wildman–Crippen LogP) is 5.21. The Hall–Kier alpha value is -1.56. The first kappa shape index (κ1) is 12.9. The summed E-state index contributed by atoms with van der Waals surface area (Å²) < 4.78 is 0. The summed E-state index contributed by atoms with van der Waals surface area (Å²) in [6, 6.07) is 17.6. The molecule has 2 atom stereocenters. The number of rotatable bonds is 3. The van der Waals surface area contributed by atoms with Crippen LogP contribution in [0.5, 0.6) is 0 Å². The van der Waals surface area contributed by atoms with Crippen molar-refractivity contribution >= 4 is 0 Å². The summed E-state index contributed by atoms with van der Waals surface area (Å²) in [4.78, 5) is 0. The molecule has 2 unspecified atom stereocenters. The Morgan fingerprint density at radius 1 is 0.778 bits per heavy atom. The van der Waals surface area contributed by atoms with Crippen LogP contribution in [-0.4, -0.2) is 0 Å². The van der Waals surface area contributed by atoms with Gasteiger partial charge in [-0.05, 0) is 42.4 Å². The van der Waals surface area contributed by atoms with E-state index in [9.17, 15) is 0 Å². The molecule has 0 N–H and O–H groups in total. The van der Waals surface area contributed by atoms with Crippen LogP contribution < -0.4 is 0 Å². The largest absolute Gasteiger partial charge is 0.0622 e. The molecule has 0 aliphatic carbocycles. The quantitative estimate of drug-likeness (QED) is 0.688. The van der Waals surface area contributed by atoms with Gasteiger partial charge in [0.25, 0.3) is 0 Å². The third kappa shape index (κ3) is 2.64. The summed E-state index contributed by atoms with van der Waals surface area (Å²) >= 11 is 0. The zero-order valence-electron chi connectivity index (χ0n) is 11.8. The second-order valence-corrected chi connectivity index (χ2v) is 5.35. The molecule has 0 heterocycles. The van der Waals surface area contributed by atoms with Crippen molar-refractivity contribution in [3.8, 4) is 0 Å². The van der Waals surface area contributed by atoms with Crippen molar-refractivity contribution in [3.63, 3.8) is 0 Å².